The monoisotopic (exact) mass is 430 g/mol. The molecule has 1 aromatic carbocycles. The highest BCUT2D eigenvalue weighted by molar-refractivity contribution is 7.15. The van der Waals surface area contributed by atoms with E-state index in [-0.39, 0.29) is 5.56 Å². The Hall–Kier alpha value is -2.13. The summed E-state index contributed by atoms with van der Waals surface area (Å²) in [5.41, 5.74) is 0.656. The van der Waals surface area contributed by atoms with Crippen LogP contribution in [0.15, 0.2) is 24.4 Å². The number of fused-ring (bicyclic) bond motifs is 1. The first-order valence-electron chi connectivity index (χ1n) is 8.65. The average Bonchev–Trinajstić information content (AvgIpc) is 3.23. The van der Waals surface area contributed by atoms with Crippen molar-refractivity contribution in [2.45, 2.75) is 38.4 Å². The number of hydrogen-bond donors (Lipinski definition) is 1. The lowest BCUT2D eigenvalue weighted by atomic mass is 9.95. The highest BCUT2D eigenvalue weighted by Gasteiger charge is 2.39. The predicted molar refractivity (Wildman–Crippen MR) is 99.6 cm³/mol. The molecule has 28 heavy (non-hydrogen) atoms. The van der Waals surface area contributed by atoms with Crippen LogP contribution in [0.25, 0.3) is 5.69 Å². The Kier molecular flexibility index (Phi) is 5.05. The van der Waals surface area contributed by atoms with Crippen molar-refractivity contribution in [1.29, 1.82) is 0 Å². The van der Waals surface area contributed by atoms with E-state index < -0.39 is 17.7 Å². The van der Waals surface area contributed by atoms with Gasteiger partial charge in [0, 0.05) is 22.3 Å². The van der Waals surface area contributed by atoms with Crippen molar-refractivity contribution in [3.8, 4) is 5.69 Å². The molecule has 0 spiro atoms. The lowest BCUT2D eigenvalue weighted by Crippen LogP contribution is -2.11. The van der Waals surface area contributed by atoms with Gasteiger partial charge in [-0.3, -0.25) is 0 Å². The van der Waals surface area contributed by atoms with E-state index in [4.69, 9.17) is 11.6 Å². The molecule has 1 aliphatic rings. The number of rotatable bonds is 4. The number of nitrogens with one attached hydrogen (secondary N) is 1. The van der Waals surface area contributed by atoms with Crippen LogP contribution in [0.5, 0.6) is 0 Å². The van der Waals surface area contributed by atoms with Crippen molar-refractivity contribution in [2.24, 2.45) is 0 Å². The number of benzene rings is 1. The Morgan fingerprint density at radius 2 is 2.00 bits per heavy atom. The molecule has 0 aliphatic heterocycles. The molecule has 10 heteroatoms. The minimum Gasteiger partial charge on any atom is -0.378 e. The highest BCUT2D eigenvalue weighted by atomic mass is 35.5. The van der Waals surface area contributed by atoms with Gasteiger partial charge >= 0.3 is 6.18 Å². The Morgan fingerprint density at radius 3 is 2.71 bits per heavy atom. The molecular formula is C18H15ClF4N4S. The minimum absolute atomic E-state index is 0.239. The zero-order chi connectivity index (χ0) is 19.9. The van der Waals surface area contributed by atoms with Crippen molar-refractivity contribution in [3.63, 3.8) is 0 Å². The van der Waals surface area contributed by atoms with E-state index in [2.05, 4.69) is 15.4 Å². The fraction of sp³-hybridized carbons (Fsp3) is 0.333. The van der Waals surface area contributed by atoms with Gasteiger partial charge in [-0.2, -0.15) is 18.3 Å². The molecule has 0 radical (unpaired) electrons. The molecule has 4 rings (SSSR count). The van der Waals surface area contributed by atoms with Gasteiger partial charge in [-0.1, -0.05) is 11.6 Å². The SMILES string of the molecule is Fc1ccc(-n2nc(C(F)(F)F)c3c2CCCC3)c(NCc2cnc(Cl)s2)c1. The Bertz CT molecular complexity index is 1010. The van der Waals surface area contributed by atoms with Crippen LogP contribution in [0.2, 0.25) is 4.47 Å². The van der Waals surface area contributed by atoms with Gasteiger partial charge in [-0.15, -0.1) is 11.3 Å². The molecule has 0 bridgehead atoms. The molecule has 0 saturated heterocycles. The van der Waals surface area contributed by atoms with Crippen LogP contribution in [0.1, 0.15) is 34.7 Å². The first-order chi connectivity index (χ1) is 13.3. The molecule has 0 atom stereocenters. The van der Waals surface area contributed by atoms with E-state index in [0.29, 0.717) is 47.3 Å². The predicted octanol–water partition coefficient (Wildman–Crippen LogP) is 5.63. The van der Waals surface area contributed by atoms with Crippen molar-refractivity contribution >= 4 is 28.6 Å². The third-order valence-corrected chi connectivity index (χ3v) is 5.73. The number of halogens is 5. The van der Waals surface area contributed by atoms with Gasteiger partial charge in [-0.05, 0) is 43.9 Å². The van der Waals surface area contributed by atoms with Gasteiger partial charge in [-0.25, -0.2) is 14.1 Å². The van der Waals surface area contributed by atoms with Gasteiger partial charge in [0.2, 0.25) is 0 Å². The average molecular weight is 431 g/mol. The van der Waals surface area contributed by atoms with Gasteiger partial charge < -0.3 is 5.32 Å². The molecule has 2 heterocycles. The summed E-state index contributed by atoms with van der Waals surface area (Å²) in [6.45, 7) is 0.316. The van der Waals surface area contributed by atoms with Crippen molar-refractivity contribution in [3.05, 3.63) is 56.5 Å². The molecule has 3 aromatic rings. The largest absolute Gasteiger partial charge is 0.435 e. The van der Waals surface area contributed by atoms with Gasteiger partial charge in [0.05, 0.1) is 17.9 Å². The van der Waals surface area contributed by atoms with E-state index >= 15 is 0 Å². The second-order valence-corrected chi connectivity index (χ2v) is 8.18. The molecule has 0 unspecified atom stereocenters. The number of nitrogens with zero attached hydrogens (tertiary/aromatic N) is 3. The van der Waals surface area contributed by atoms with Crippen LogP contribution in [-0.2, 0) is 25.6 Å². The third-order valence-electron chi connectivity index (χ3n) is 4.61. The maximum Gasteiger partial charge on any atom is 0.435 e. The van der Waals surface area contributed by atoms with Crippen molar-refractivity contribution in [1.82, 2.24) is 14.8 Å². The van der Waals surface area contributed by atoms with E-state index in [1.54, 1.807) is 6.20 Å². The molecule has 4 nitrogen and oxygen atoms in total. The van der Waals surface area contributed by atoms with E-state index in [1.807, 2.05) is 0 Å². The summed E-state index contributed by atoms with van der Waals surface area (Å²) < 4.78 is 55.9. The van der Waals surface area contributed by atoms with Gasteiger partial charge in [0.15, 0.2) is 10.2 Å². The number of hydrogen-bond acceptors (Lipinski definition) is 4. The zero-order valence-electron chi connectivity index (χ0n) is 14.5. The summed E-state index contributed by atoms with van der Waals surface area (Å²) in [6, 6.07) is 3.91. The smallest absolute Gasteiger partial charge is 0.378 e. The molecule has 1 N–H and O–H groups in total. The maximum atomic E-state index is 13.8. The fourth-order valence-electron chi connectivity index (χ4n) is 3.41. The number of thiazole rings is 1. The Balaban J connectivity index is 1.76. The van der Waals surface area contributed by atoms with Crippen LogP contribution < -0.4 is 5.32 Å². The molecular weight excluding hydrogens is 416 g/mol. The van der Waals surface area contributed by atoms with Crippen LogP contribution in [0, 0.1) is 5.82 Å². The fourth-order valence-corrected chi connectivity index (χ4v) is 4.33. The normalized spacial score (nSPS) is 14.2. The van der Waals surface area contributed by atoms with Crippen LogP contribution in [0.4, 0.5) is 23.2 Å². The zero-order valence-corrected chi connectivity index (χ0v) is 16.1. The summed E-state index contributed by atoms with van der Waals surface area (Å²) in [7, 11) is 0. The quantitative estimate of drug-likeness (QED) is 0.545. The Labute approximate surface area is 167 Å². The van der Waals surface area contributed by atoms with E-state index in [1.165, 1.54) is 34.2 Å². The first-order valence-corrected chi connectivity index (χ1v) is 9.84. The summed E-state index contributed by atoms with van der Waals surface area (Å²) in [6.07, 6.45) is -0.606. The van der Waals surface area contributed by atoms with Crippen LogP contribution in [0.3, 0.4) is 0 Å². The topological polar surface area (TPSA) is 42.7 Å². The summed E-state index contributed by atoms with van der Waals surface area (Å²) >= 11 is 7.09. The first kappa shape index (κ1) is 19.2. The third kappa shape index (κ3) is 3.73. The van der Waals surface area contributed by atoms with Gasteiger partial charge in [0.1, 0.15) is 5.82 Å². The molecule has 0 fully saturated rings. The van der Waals surface area contributed by atoms with Crippen LogP contribution >= 0.6 is 22.9 Å². The minimum atomic E-state index is -4.53. The van der Waals surface area contributed by atoms with Crippen LogP contribution in [-0.4, -0.2) is 14.8 Å². The number of aromatic nitrogens is 3. The molecule has 0 amide bonds. The maximum absolute atomic E-state index is 13.8. The second kappa shape index (κ2) is 7.36. The number of anilines is 1. The second-order valence-electron chi connectivity index (χ2n) is 6.49. The molecule has 148 valence electrons. The molecule has 1 aliphatic carbocycles. The lowest BCUT2D eigenvalue weighted by molar-refractivity contribution is -0.142. The molecule has 2 aromatic heterocycles. The van der Waals surface area contributed by atoms with E-state index in [9.17, 15) is 17.6 Å². The summed E-state index contributed by atoms with van der Waals surface area (Å²) in [4.78, 5) is 4.76. The summed E-state index contributed by atoms with van der Waals surface area (Å²) in [5, 5.41) is 6.95. The van der Waals surface area contributed by atoms with E-state index in [0.717, 1.165) is 11.3 Å². The van der Waals surface area contributed by atoms with Crippen molar-refractivity contribution in [2.75, 3.05) is 5.32 Å². The van der Waals surface area contributed by atoms with Gasteiger partial charge in [0.25, 0.3) is 0 Å². The highest BCUT2D eigenvalue weighted by Crippen LogP contribution is 2.38. The standard InChI is InChI=1S/C18H15ClF4N4S/c19-17-25-9-11(28-17)8-24-13-7-10(20)5-6-15(13)27-14-4-2-1-3-12(14)16(26-27)18(21,22)23/h5-7,9,24H,1-4,8H2. The molecule has 0 saturated carbocycles. The summed E-state index contributed by atoms with van der Waals surface area (Å²) in [5.74, 6) is -0.495. The Morgan fingerprint density at radius 1 is 1.21 bits per heavy atom. The lowest BCUT2D eigenvalue weighted by Gasteiger charge is -2.17. The van der Waals surface area contributed by atoms with Crippen molar-refractivity contribution < 1.29 is 17.6 Å². The number of alkyl halides is 3.